The van der Waals surface area contributed by atoms with Crippen LogP contribution in [0.4, 0.5) is 0 Å². The summed E-state index contributed by atoms with van der Waals surface area (Å²) in [5.74, 6) is -0.873. The lowest BCUT2D eigenvalue weighted by atomic mass is 10.0. The van der Waals surface area contributed by atoms with Crippen LogP contribution >= 0.6 is 0 Å². The third kappa shape index (κ3) is 66.2. The molecule has 1 atom stereocenters. The SMILES string of the molecule is CC/C=C\C/C=C\C/C=C\C/C=C\CCCCCCCCC(=O)OC(COC(=O)CCCCCCCCCC)COC(=O)CCCCCCCCCCCCCCCCCCCCCCCCCCCCCCCCCCCCC. The lowest BCUT2D eigenvalue weighted by Crippen LogP contribution is -2.30. The Kier molecular flexibility index (Phi) is 66.6. The van der Waals surface area contributed by atoms with Gasteiger partial charge in [-0.1, -0.05) is 358 Å². The van der Waals surface area contributed by atoms with Gasteiger partial charge in [-0.15, -0.1) is 0 Å². The van der Waals surface area contributed by atoms with E-state index in [-0.39, 0.29) is 31.1 Å². The van der Waals surface area contributed by atoms with Crippen LogP contribution in [0.1, 0.15) is 387 Å². The molecule has 468 valence electrons. The van der Waals surface area contributed by atoms with Gasteiger partial charge in [0.05, 0.1) is 0 Å². The van der Waals surface area contributed by atoms with Gasteiger partial charge in [0.2, 0.25) is 0 Å². The van der Waals surface area contributed by atoms with Gasteiger partial charge in [0, 0.05) is 19.3 Å². The first kappa shape index (κ1) is 77.4. The van der Waals surface area contributed by atoms with Gasteiger partial charge in [0.1, 0.15) is 13.2 Å². The Hall–Kier alpha value is -2.63. The molecular weight excluding hydrogens is 985 g/mol. The number of ether oxygens (including phenoxy) is 3. The fraction of sp³-hybridized carbons (Fsp3) is 0.851. The van der Waals surface area contributed by atoms with E-state index in [1.807, 2.05) is 0 Å². The molecule has 0 rings (SSSR count). The average molecular weight is 1120 g/mol. The van der Waals surface area contributed by atoms with E-state index < -0.39 is 6.10 Å². The van der Waals surface area contributed by atoms with Gasteiger partial charge in [-0.05, 0) is 57.8 Å². The number of allylic oxidation sites excluding steroid dienone is 8. The molecule has 0 N–H and O–H groups in total. The smallest absolute Gasteiger partial charge is 0.306 e. The first-order chi connectivity index (χ1) is 39.5. The Morgan fingerprint density at radius 3 is 0.762 bits per heavy atom. The molecule has 6 heteroatoms. The number of hydrogen-bond donors (Lipinski definition) is 0. The third-order valence-electron chi connectivity index (χ3n) is 16.1. The van der Waals surface area contributed by atoms with Crippen molar-refractivity contribution in [3.05, 3.63) is 48.6 Å². The van der Waals surface area contributed by atoms with E-state index in [2.05, 4.69) is 69.4 Å². The molecule has 0 radical (unpaired) electrons. The van der Waals surface area contributed by atoms with Crippen LogP contribution in [0.2, 0.25) is 0 Å². The van der Waals surface area contributed by atoms with Crippen molar-refractivity contribution in [3.8, 4) is 0 Å². The number of unbranched alkanes of at least 4 members (excludes halogenated alkanes) is 47. The molecule has 0 fully saturated rings. The lowest BCUT2D eigenvalue weighted by Gasteiger charge is -2.18. The first-order valence-electron chi connectivity index (χ1n) is 35.6. The van der Waals surface area contributed by atoms with Gasteiger partial charge in [0.15, 0.2) is 6.10 Å². The summed E-state index contributed by atoms with van der Waals surface area (Å²) in [6.45, 7) is 6.54. The van der Waals surface area contributed by atoms with Crippen molar-refractivity contribution in [3.63, 3.8) is 0 Å². The highest BCUT2D eigenvalue weighted by molar-refractivity contribution is 5.71. The summed E-state index contributed by atoms with van der Waals surface area (Å²) in [6.07, 6.45) is 87.6. The van der Waals surface area contributed by atoms with Crippen LogP contribution < -0.4 is 0 Å². The Morgan fingerprint density at radius 2 is 0.487 bits per heavy atom. The Balaban J connectivity index is 3.97. The molecule has 1 unspecified atom stereocenters. The molecule has 0 aromatic carbocycles. The van der Waals surface area contributed by atoms with Crippen molar-refractivity contribution in [1.29, 1.82) is 0 Å². The fourth-order valence-corrected chi connectivity index (χ4v) is 10.8. The van der Waals surface area contributed by atoms with Crippen LogP contribution in [0, 0.1) is 0 Å². The molecular formula is C74H136O6. The Bertz CT molecular complexity index is 1380. The molecule has 0 amide bonds. The molecule has 0 spiro atoms. The molecule has 0 aliphatic rings. The summed E-state index contributed by atoms with van der Waals surface area (Å²) < 4.78 is 16.9. The lowest BCUT2D eigenvalue weighted by molar-refractivity contribution is -0.167. The molecule has 0 aliphatic heterocycles. The number of rotatable bonds is 66. The summed E-state index contributed by atoms with van der Waals surface area (Å²) >= 11 is 0. The molecule has 0 saturated heterocycles. The summed E-state index contributed by atoms with van der Waals surface area (Å²) in [5.41, 5.74) is 0. The van der Waals surface area contributed by atoms with E-state index in [9.17, 15) is 14.4 Å². The minimum atomic E-state index is -0.778. The maximum atomic E-state index is 12.9. The van der Waals surface area contributed by atoms with Crippen molar-refractivity contribution >= 4 is 17.9 Å². The molecule has 0 saturated carbocycles. The monoisotopic (exact) mass is 1120 g/mol. The summed E-state index contributed by atoms with van der Waals surface area (Å²) in [6, 6.07) is 0. The number of carbonyl (C=O) groups is 3. The highest BCUT2D eigenvalue weighted by Crippen LogP contribution is 2.19. The van der Waals surface area contributed by atoms with E-state index in [4.69, 9.17) is 14.2 Å². The minimum Gasteiger partial charge on any atom is -0.462 e. The highest BCUT2D eigenvalue weighted by atomic mass is 16.6. The van der Waals surface area contributed by atoms with E-state index >= 15 is 0 Å². The van der Waals surface area contributed by atoms with Crippen molar-refractivity contribution in [1.82, 2.24) is 0 Å². The first-order valence-corrected chi connectivity index (χ1v) is 35.6. The van der Waals surface area contributed by atoms with Crippen LogP contribution in [0.5, 0.6) is 0 Å². The minimum absolute atomic E-state index is 0.0748. The van der Waals surface area contributed by atoms with Crippen molar-refractivity contribution in [2.24, 2.45) is 0 Å². The van der Waals surface area contributed by atoms with E-state index in [1.54, 1.807) is 0 Å². The van der Waals surface area contributed by atoms with E-state index in [0.717, 1.165) is 96.3 Å². The normalized spacial score (nSPS) is 12.3. The zero-order valence-electron chi connectivity index (χ0n) is 53.9. The van der Waals surface area contributed by atoms with Crippen LogP contribution in [0.15, 0.2) is 48.6 Å². The van der Waals surface area contributed by atoms with E-state index in [1.165, 1.54) is 250 Å². The summed E-state index contributed by atoms with van der Waals surface area (Å²) in [7, 11) is 0. The zero-order chi connectivity index (χ0) is 57.8. The topological polar surface area (TPSA) is 78.9 Å². The standard InChI is InChI=1S/C74H136O6/c1-4-7-10-13-16-19-21-23-25-27-29-30-31-32-33-34-35-36-37-38-39-40-41-42-43-44-46-47-49-51-53-55-58-61-64-67-73(76)79-70-71(69-78-72(75)66-63-60-57-18-15-12-9-6-3)80-74(77)68-65-62-59-56-54-52-50-48-45-28-26-24-22-20-17-14-11-8-5-2/h8,11,17,20,24,26,45,48,71H,4-7,9-10,12-16,18-19,21-23,25,27-44,46-47,49-70H2,1-3H3/b11-8-,20-17-,26-24-,48-45-. The van der Waals surface area contributed by atoms with Gasteiger partial charge in [0.25, 0.3) is 0 Å². The quantitative estimate of drug-likeness (QED) is 0.0261. The molecule has 0 aromatic rings. The van der Waals surface area contributed by atoms with Gasteiger partial charge in [-0.3, -0.25) is 14.4 Å². The largest absolute Gasteiger partial charge is 0.462 e. The van der Waals surface area contributed by atoms with Gasteiger partial charge in [-0.25, -0.2) is 0 Å². The predicted octanol–water partition coefficient (Wildman–Crippen LogP) is 24.5. The molecule has 0 aliphatic carbocycles. The second kappa shape index (κ2) is 68.9. The van der Waals surface area contributed by atoms with Gasteiger partial charge < -0.3 is 14.2 Å². The third-order valence-corrected chi connectivity index (χ3v) is 16.1. The van der Waals surface area contributed by atoms with Crippen molar-refractivity contribution < 1.29 is 28.6 Å². The van der Waals surface area contributed by atoms with Crippen LogP contribution in [0.25, 0.3) is 0 Å². The second-order valence-corrected chi connectivity index (χ2v) is 24.1. The maximum Gasteiger partial charge on any atom is 0.306 e. The van der Waals surface area contributed by atoms with Crippen molar-refractivity contribution in [2.45, 2.75) is 393 Å². The number of carbonyl (C=O) groups excluding carboxylic acids is 3. The van der Waals surface area contributed by atoms with E-state index in [0.29, 0.717) is 19.3 Å². The molecule has 0 heterocycles. The number of hydrogen-bond acceptors (Lipinski definition) is 6. The second-order valence-electron chi connectivity index (χ2n) is 24.1. The molecule has 0 aromatic heterocycles. The summed E-state index contributed by atoms with van der Waals surface area (Å²) in [5, 5.41) is 0. The predicted molar refractivity (Wildman–Crippen MR) is 349 cm³/mol. The summed E-state index contributed by atoms with van der Waals surface area (Å²) in [4.78, 5) is 38.2. The molecule has 80 heavy (non-hydrogen) atoms. The van der Waals surface area contributed by atoms with Crippen LogP contribution in [-0.4, -0.2) is 37.2 Å². The van der Waals surface area contributed by atoms with Gasteiger partial charge >= 0.3 is 17.9 Å². The average Bonchev–Trinajstić information content (AvgIpc) is 3.46. The van der Waals surface area contributed by atoms with Crippen molar-refractivity contribution in [2.75, 3.05) is 13.2 Å². The fourth-order valence-electron chi connectivity index (χ4n) is 10.8. The Morgan fingerprint density at radius 1 is 0.263 bits per heavy atom. The van der Waals surface area contributed by atoms with Crippen LogP contribution in [0.3, 0.4) is 0 Å². The zero-order valence-corrected chi connectivity index (χ0v) is 53.9. The molecule has 6 nitrogen and oxygen atoms in total. The maximum absolute atomic E-state index is 12.9. The van der Waals surface area contributed by atoms with Gasteiger partial charge in [-0.2, -0.15) is 0 Å². The highest BCUT2D eigenvalue weighted by Gasteiger charge is 2.19. The van der Waals surface area contributed by atoms with Crippen LogP contribution in [-0.2, 0) is 28.6 Å². The Labute approximate surface area is 498 Å². The number of esters is 3. The molecule has 0 bridgehead atoms.